The second kappa shape index (κ2) is 3.58. The van der Waals surface area contributed by atoms with Gasteiger partial charge in [-0.2, -0.15) is 0 Å². The van der Waals surface area contributed by atoms with Gasteiger partial charge in [-0.1, -0.05) is 0 Å². The largest absolute Gasteiger partial charge is 0.506 e. The zero-order valence-corrected chi connectivity index (χ0v) is 9.87. The minimum Gasteiger partial charge on any atom is -0.506 e. The molecule has 1 N–H and O–H groups in total. The Kier molecular flexibility index (Phi) is 2.45. The van der Waals surface area contributed by atoms with E-state index in [2.05, 4.69) is 0 Å². The lowest BCUT2D eigenvalue weighted by atomic mass is 9.97. The summed E-state index contributed by atoms with van der Waals surface area (Å²) in [6.07, 6.45) is 1.21. The van der Waals surface area contributed by atoms with Gasteiger partial charge in [0.05, 0.1) is 11.1 Å². The maximum absolute atomic E-state index is 13.7. The van der Waals surface area contributed by atoms with Crippen LogP contribution < -0.4 is 4.74 Å². The minimum absolute atomic E-state index is 0.163. The van der Waals surface area contributed by atoms with Crippen LogP contribution in [0.5, 0.6) is 11.5 Å². The number of hydrogen-bond acceptors (Lipinski definition) is 3. The summed E-state index contributed by atoms with van der Waals surface area (Å²) in [5.41, 5.74) is -0.664. The highest BCUT2D eigenvalue weighted by molar-refractivity contribution is 5.98. The molecule has 1 aliphatic rings. The molecule has 4 heteroatoms. The lowest BCUT2D eigenvalue weighted by Gasteiger charge is -2.30. The molecule has 1 aliphatic heterocycles. The van der Waals surface area contributed by atoms with Crippen molar-refractivity contribution in [2.45, 2.75) is 26.4 Å². The maximum atomic E-state index is 13.7. The number of phenolic OH excluding ortho intramolecular Hbond substituents is 1. The van der Waals surface area contributed by atoms with Crippen molar-refractivity contribution >= 4 is 11.9 Å². The molecule has 0 amide bonds. The van der Waals surface area contributed by atoms with Crippen LogP contribution in [0, 0.1) is 0 Å². The molecule has 0 radical (unpaired) electrons. The number of hydrogen-bond donors (Lipinski definition) is 1. The Morgan fingerprint density at radius 2 is 2.06 bits per heavy atom. The number of carbonyl (C=O) groups excluding carboxylic acids is 1. The summed E-state index contributed by atoms with van der Waals surface area (Å²) in [4.78, 5) is 11.2. The lowest BCUT2D eigenvalue weighted by Crippen LogP contribution is -2.31. The average molecular weight is 236 g/mol. The normalized spacial score (nSPS) is 16.8. The third-order valence-corrected chi connectivity index (χ3v) is 2.77. The van der Waals surface area contributed by atoms with Crippen molar-refractivity contribution in [3.63, 3.8) is 0 Å². The third-order valence-electron chi connectivity index (χ3n) is 2.77. The molecule has 0 spiro atoms. The number of rotatable bonds is 1. The molecule has 17 heavy (non-hydrogen) atoms. The molecule has 2 rings (SSSR count). The van der Waals surface area contributed by atoms with Crippen molar-refractivity contribution in [2.24, 2.45) is 0 Å². The summed E-state index contributed by atoms with van der Waals surface area (Å²) >= 11 is 0. The Balaban J connectivity index is 2.63. The molecule has 0 saturated carbocycles. The zero-order chi connectivity index (χ0) is 12.8. The van der Waals surface area contributed by atoms with Crippen molar-refractivity contribution in [1.29, 1.82) is 0 Å². The van der Waals surface area contributed by atoms with Crippen LogP contribution in [-0.4, -0.2) is 16.5 Å². The van der Waals surface area contributed by atoms with Gasteiger partial charge in [0.2, 0.25) is 0 Å². The summed E-state index contributed by atoms with van der Waals surface area (Å²) in [6, 6.07) is 3.04. The molecule has 0 aromatic heterocycles. The molecule has 0 atom stereocenters. The highest BCUT2D eigenvalue weighted by Gasteiger charge is 2.32. The number of Topliss-reactive ketones (excluding diaryl/α,β-unsaturated/α-hetero) is 1. The van der Waals surface area contributed by atoms with E-state index in [9.17, 15) is 14.3 Å². The highest BCUT2D eigenvalue weighted by atomic mass is 19.1. The van der Waals surface area contributed by atoms with Crippen LogP contribution >= 0.6 is 0 Å². The van der Waals surface area contributed by atoms with Crippen molar-refractivity contribution in [2.75, 3.05) is 0 Å². The number of phenols is 1. The van der Waals surface area contributed by atoms with Crippen molar-refractivity contribution in [1.82, 2.24) is 0 Å². The molecule has 0 saturated heterocycles. The first kappa shape index (κ1) is 11.6. The number of carbonyl (C=O) groups is 1. The second-order valence-electron chi connectivity index (χ2n) is 4.53. The summed E-state index contributed by atoms with van der Waals surface area (Å²) in [5, 5.41) is 9.88. The van der Waals surface area contributed by atoms with Gasteiger partial charge in [-0.15, -0.1) is 0 Å². The van der Waals surface area contributed by atoms with Crippen molar-refractivity contribution in [3.8, 4) is 11.5 Å². The number of ketones is 1. The molecular formula is C13H13FO3. The molecular weight excluding hydrogens is 223 g/mol. The van der Waals surface area contributed by atoms with Crippen molar-refractivity contribution in [3.05, 3.63) is 29.1 Å². The fraction of sp³-hybridized carbons (Fsp3) is 0.308. The van der Waals surface area contributed by atoms with Gasteiger partial charge in [-0.05, 0) is 39.0 Å². The van der Waals surface area contributed by atoms with Crippen LogP contribution in [-0.2, 0) is 0 Å². The van der Waals surface area contributed by atoms with Gasteiger partial charge in [0, 0.05) is 0 Å². The third kappa shape index (κ3) is 1.79. The highest BCUT2D eigenvalue weighted by Crippen LogP contribution is 2.41. The molecule has 0 fully saturated rings. The van der Waals surface area contributed by atoms with Crippen LogP contribution in [0.4, 0.5) is 4.39 Å². The van der Waals surface area contributed by atoms with Gasteiger partial charge in [-0.25, -0.2) is 4.39 Å². The summed E-state index contributed by atoms with van der Waals surface area (Å²) in [5.74, 6) is -0.621. The van der Waals surface area contributed by atoms with E-state index in [1.807, 2.05) is 0 Å². The quantitative estimate of drug-likeness (QED) is 0.762. The van der Waals surface area contributed by atoms with E-state index in [0.29, 0.717) is 5.75 Å². The predicted molar refractivity (Wildman–Crippen MR) is 61.9 cm³/mol. The van der Waals surface area contributed by atoms with Crippen LogP contribution in [0.3, 0.4) is 0 Å². The van der Waals surface area contributed by atoms with Gasteiger partial charge in [0.1, 0.15) is 17.3 Å². The molecule has 1 aromatic rings. The van der Waals surface area contributed by atoms with E-state index in [0.717, 1.165) is 0 Å². The first-order valence-electron chi connectivity index (χ1n) is 5.26. The molecule has 0 aliphatic carbocycles. The van der Waals surface area contributed by atoms with Crippen LogP contribution in [0.2, 0.25) is 0 Å². The molecule has 1 heterocycles. The maximum Gasteiger partial charge on any atom is 0.163 e. The number of benzene rings is 1. The summed E-state index contributed by atoms with van der Waals surface area (Å²) in [6.45, 7) is 4.53. The standard InChI is InChI=1S/C13H13FO3/c1-7(15)8-4-5-10-9(12(8)16)6-11(14)13(2,3)17-10/h4-6,16H,1-3H3. The predicted octanol–water partition coefficient (Wildman–Crippen LogP) is 3.08. The monoisotopic (exact) mass is 236 g/mol. The topological polar surface area (TPSA) is 46.5 Å². The summed E-state index contributed by atoms with van der Waals surface area (Å²) < 4.78 is 19.1. The zero-order valence-electron chi connectivity index (χ0n) is 9.87. The minimum atomic E-state index is -1.04. The fourth-order valence-electron chi connectivity index (χ4n) is 1.73. The van der Waals surface area contributed by atoms with E-state index < -0.39 is 11.4 Å². The fourth-order valence-corrected chi connectivity index (χ4v) is 1.73. The lowest BCUT2D eigenvalue weighted by molar-refractivity contribution is 0.101. The van der Waals surface area contributed by atoms with Crippen LogP contribution in [0.25, 0.3) is 6.08 Å². The van der Waals surface area contributed by atoms with Crippen molar-refractivity contribution < 1.29 is 19.0 Å². The summed E-state index contributed by atoms with van der Waals surface area (Å²) in [7, 11) is 0. The Bertz CT molecular complexity index is 530. The Labute approximate surface area is 98.5 Å². The number of fused-ring (bicyclic) bond motifs is 1. The van der Waals surface area contributed by atoms with E-state index in [1.54, 1.807) is 19.9 Å². The van der Waals surface area contributed by atoms with Gasteiger partial charge in [0.25, 0.3) is 0 Å². The van der Waals surface area contributed by atoms with Gasteiger partial charge >= 0.3 is 0 Å². The first-order valence-corrected chi connectivity index (χ1v) is 5.26. The number of halogens is 1. The van der Waals surface area contributed by atoms with Gasteiger partial charge in [-0.3, -0.25) is 4.79 Å². The average Bonchev–Trinajstić information content (AvgIpc) is 2.20. The van der Waals surface area contributed by atoms with E-state index in [-0.39, 0.29) is 22.7 Å². The molecule has 0 bridgehead atoms. The van der Waals surface area contributed by atoms with Crippen LogP contribution in [0.1, 0.15) is 36.7 Å². The van der Waals surface area contributed by atoms with Gasteiger partial charge in [0.15, 0.2) is 11.4 Å². The smallest absolute Gasteiger partial charge is 0.163 e. The van der Waals surface area contributed by atoms with E-state index >= 15 is 0 Å². The molecule has 3 nitrogen and oxygen atoms in total. The number of ether oxygens (including phenoxy) is 1. The second-order valence-corrected chi connectivity index (χ2v) is 4.53. The van der Waals surface area contributed by atoms with E-state index in [4.69, 9.17) is 4.74 Å². The van der Waals surface area contributed by atoms with Gasteiger partial charge < -0.3 is 9.84 Å². The Hall–Kier alpha value is -1.84. The van der Waals surface area contributed by atoms with E-state index in [1.165, 1.54) is 19.1 Å². The Morgan fingerprint density at radius 1 is 1.41 bits per heavy atom. The molecule has 90 valence electrons. The Morgan fingerprint density at radius 3 is 2.65 bits per heavy atom. The van der Waals surface area contributed by atoms with Crippen LogP contribution in [0.15, 0.2) is 18.0 Å². The SMILES string of the molecule is CC(=O)c1ccc2c(c1O)C=C(F)C(C)(C)O2. The molecule has 1 aromatic carbocycles. The number of aromatic hydroxyl groups is 1. The molecule has 0 unspecified atom stereocenters. The first-order chi connectivity index (χ1) is 7.83.